The Bertz CT molecular complexity index is 718. The van der Waals surface area contributed by atoms with Crippen molar-refractivity contribution < 1.29 is 14.3 Å². The molecule has 0 radical (unpaired) electrons. The zero-order valence-corrected chi connectivity index (χ0v) is 13.8. The number of rotatable bonds is 5. The molecule has 2 rings (SSSR count). The van der Waals surface area contributed by atoms with E-state index in [0.29, 0.717) is 10.8 Å². The maximum Gasteiger partial charge on any atom is 0.321 e. The van der Waals surface area contributed by atoms with Gasteiger partial charge in [-0.15, -0.1) is 0 Å². The molecule has 2 aromatic rings. The number of fused-ring (bicyclic) bond motifs is 1. The second-order valence-electron chi connectivity index (χ2n) is 5.21. The molecule has 3 amide bonds. The number of ether oxygens (including phenoxy) is 1. The lowest BCUT2D eigenvalue weighted by Crippen LogP contribution is -2.44. The van der Waals surface area contributed by atoms with Gasteiger partial charge in [-0.3, -0.25) is 10.1 Å². The standard InChI is InChI=1S/C17H19ClN2O3/c1-3-11(2)19-17(22)20-16(21)10-23-15-9-8-14(18)12-6-4-5-7-13(12)15/h4-9,11H,3,10H2,1-2H3,(H2,19,20,21,22)/t11-/m1/s1. The number of urea groups is 1. The van der Waals surface area contributed by atoms with Gasteiger partial charge in [-0.2, -0.15) is 0 Å². The van der Waals surface area contributed by atoms with Gasteiger partial charge in [-0.25, -0.2) is 4.79 Å². The average Bonchev–Trinajstić information content (AvgIpc) is 2.54. The SMILES string of the molecule is CC[C@@H](C)NC(=O)NC(=O)COc1ccc(Cl)c2ccccc12. The number of hydrogen-bond acceptors (Lipinski definition) is 3. The first-order valence-electron chi connectivity index (χ1n) is 7.41. The van der Waals surface area contributed by atoms with Crippen molar-refractivity contribution in [1.82, 2.24) is 10.6 Å². The minimum atomic E-state index is -0.520. The first-order valence-corrected chi connectivity index (χ1v) is 7.79. The number of amides is 3. The lowest BCUT2D eigenvalue weighted by atomic mass is 10.1. The highest BCUT2D eigenvalue weighted by Gasteiger charge is 2.11. The fourth-order valence-electron chi connectivity index (χ4n) is 2.03. The second kappa shape index (κ2) is 7.83. The number of halogens is 1. The molecule has 0 saturated heterocycles. The Kier molecular flexibility index (Phi) is 5.82. The van der Waals surface area contributed by atoms with Crippen molar-refractivity contribution in [1.29, 1.82) is 0 Å². The van der Waals surface area contributed by atoms with Gasteiger partial charge in [0.25, 0.3) is 5.91 Å². The van der Waals surface area contributed by atoms with E-state index in [4.69, 9.17) is 16.3 Å². The first-order chi connectivity index (χ1) is 11.0. The topological polar surface area (TPSA) is 67.4 Å². The fourth-order valence-corrected chi connectivity index (χ4v) is 2.26. The van der Waals surface area contributed by atoms with E-state index in [-0.39, 0.29) is 12.6 Å². The molecule has 0 unspecified atom stereocenters. The number of carbonyl (C=O) groups excluding carboxylic acids is 2. The molecule has 0 aliphatic rings. The molecule has 0 aromatic heterocycles. The molecule has 2 N–H and O–H groups in total. The lowest BCUT2D eigenvalue weighted by Gasteiger charge is -2.13. The molecule has 2 aromatic carbocycles. The van der Waals surface area contributed by atoms with E-state index in [2.05, 4.69) is 10.6 Å². The van der Waals surface area contributed by atoms with Gasteiger partial charge in [0.15, 0.2) is 6.61 Å². The molecule has 0 aliphatic carbocycles. The second-order valence-corrected chi connectivity index (χ2v) is 5.62. The molecule has 0 heterocycles. The third-order valence-corrected chi connectivity index (χ3v) is 3.76. The minimum absolute atomic E-state index is 0.00364. The summed E-state index contributed by atoms with van der Waals surface area (Å²) in [5, 5.41) is 7.17. The van der Waals surface area contributed by atoms with Crippen LogP contribution in [0.2, 0.25) is 5.02 Å². The van der Waals surface area contributed by atoms with E-state index in [9.17, 15) is 9.59 Å². The molecule has 0 fully saturated rings. The van der Waals surface area contributed by atoms with Crippen LogP contribution >= 0.6 is 11.6 Å². The van der Waals surface area contributed by atoms with Crippen molar-refractivity contribution in [3.05, 3.63) is 41.4 Å². The molecule has 0 aliphatic heterocycles. The molecule has 6 heteroatoms. The Morgan fingerprint density at radius 3 is 2.57 bits per heavy atom. The predicted octanol–water partition coefficient (Wildman–Crippen LogP) is 3.50. The quantitative estimate of drug-likeness (QED) is 0.879. The van der Waals surface area contributed by atoms with E-state index < -0.39 is 11.9 Å². The van der Waals surface area contributed by atoms with Gasteiger partial charge in [0, 0.05) is 21.8 Å². The highest BCUT2D eigenvalue weighted by atomic mass is 35.5. The monoisotopic (exact) mass is 334 g/mol. The van der Waals surface area contributed by atoms with Crippen LogP contribution in [-0.2, 0) is 4.79 Å². The smallest absolute Gasteiger partial charge is 0.321 e. The van der Waals surface area contributed by atoms with E-state index in [1.807, 2.05) is 38.1 Å². The summed E-state index contributed by atoms with van der Waals surface area (Å²) in [5.41, 5.74) is 0. The van der Waals surface area contributed by atoms with E-state index >= 15 is 0 Å². The highest BCUT2D eigenvalue weighted by Crippen LogP contribution is 2.31. The van der Waals surface area contributed by atoms with Crippen LogP contribution < -0.4 is 15.4 Å². The number of benzene rings is 2. The van der Waals surface area contributed by atoms with Gasteiger partial charge >= 0.3 is 6.03 Å². The molecule has 122 valence electrons. The number of nitrogens with one attached hydrogen (secondary N) is 2. The van der Waals surface area contributed by atoms with Gasteiger partial charge < -0.3 is 10.1 Å². The first kappa shape index (κ1) is 17.1. The largest absolute Gasteiger partial charge is 0.483 e. The van der Waals surface area contributed by atoms with Crippen molar-refractivity contribution in [3.63, 3.8) is 0 Å². The maximum absolute atomic E-state index is 11.8. The van der Waals surface area contributed by atoms with Gasteiger partial charge in [0.05, 0.1) is 0 Å². The van der Waals surface area contributed by atoms with E-state index in [0.717, 1.165) is 17.2 Å². The fraction of sp³-hybridized carbons (Fsp3) is 0.294. The summed E-state index contributed by atoms with van der Waals surface area (Å²) in [7, 11) is 0. The number of hydrogen-bond donors (Lipinski definition) is 2. The summed E-state index contributed by atoms with van der Waals surface area (Å²) < 4.78 is 5.52. The van der Waals surface area contributed by atoms with Crippen molar-refractivity contribution >= 4 is 34.3 Å². The summed E-state index contributed by atoms with van der Waals surface area (Å²) in [6, 6.07) is 10.4. The Labute approximate surface area is 140 Å². The highest BCUT2D eigenvalue weighted by molar-refractivity contribution is 6.35. The van der Waals surface area contributed by atoms with Crippen molar-refractivity contribution in [2.45, 2.75) is 26.3 Å². The maximum atomic E-state index is 11.8. The van der Waals surface area contributed by atoms with Gasteiger partial charge in [0.2, 0.25) is 0 Å². The van der Waals surface area contributed by atoms with Crippen LogP contribution in [0.1, 0.15) is 20.3 Å². The molecule has 23 heavy (non-hydrogen) atoms. The summed E-state index contributed by atoms with van der Waals surface area (Å²) in [6.45, 7) is 3.56. The van der Waals surface area contributed by atoms with Crippen LogP contribution in [0.25, 0.3) is 10.8 Å². The molecule has 0 saturated carbocycles. The van der Waals surface area contributed by atoms with Gasteiger partial charge in [-0.1, -0.05) is 42.8 Å². The molecular formula is C17H19ClN2O3. The minimum Gasteiger partial charge on any atom is -0.483 e. The molecule has 0 bridgehead atoms. The van der Waals surface area contributed by atoms with Crippen molar-refractivity contribution in [2.75, 3.05) is 6.61 Å². The zero-order chi connectivity index (χ0) is 16.8. The summed E-state index contributed by atoms with van der Waals surface area (Å²) in [4.78, 5) is 23.4. The Morgan fingerprint density at radius 1 is 1.17 bits per heavy atom. The average molecular weight is 335 g/mol. The van der Waals surface area contributed by atoms with Gasteiger partial charge in [0.1, 0.15) is 5.75 Å². The molecule has 5 nitrogen and oxygen atoms in total. The van der Waals surface area contributed by atoms with Crippen LogP contribution in [0.5, 0.6) is 5.75 Å². The van der Waals surface area contributed by atoms with Gasteiger partial charge in [-0.05, 0) is 25.5 Å². The normalized spacial score (nSPS) is 11.8. The van der Waals surface area contributed by atoms with Crippen LogP contribution in [0, 0.1) is 0 Å². The van der Waals surface area contributed by atoms with Crippen LogP contribution in [-0.4, -0.2) is 24.6 Å². The summed E-state index contributed by atoms with van der Waals surface area (Å²) >= 11 is 6.13. The zero-order valence-electron chi connectivity index (χ0n) is 13.1. The van der Waals surface area contributed by atoms with Crippen molar-refractivity contribution in [2.24, 2.45) is 0 Å². The molecular weight excluding hydrogens is 316 g/mol. The van der Waals surface area contributed by atoms with Crippen LogP contribution in [0.4, 0.5) is 4.79 Å². The van der Waals surface area contributed by atoms with Crippen molar-refractivity contribution in [3.8, 4) is 5.75 Å². The third-order valence-electron chi connectivity index (χ3n) is 3.43. The number of carbonyl (C=O) groups is 2. The Balaban J connectivity index is 1.97. The Morgan fingerprint density at radius 2 is 1.87 bits per heavy atom. The predicted molar refractivity (Wildman–Crippen MR) is 90.9 cm³/mol. The van der Waals surface area contributed by atoms with E-state index in [1.165, 1.54) is 0 Å². The van der Waals surface area contributed by atoms with E-state index in [1.54, 1.807) is 12.1 Å². The number of imide groups is 1. The third kappa shape index (κ3) is 4.60. The summed E-state index contributed by atoms with van der Waals surface area (Å²) in [5.74, 6) is 0.0346. The Hall–Kier alpha value is -2.27. The lowest BCUT2D eigenvalue weighted by molar-refractivity contribution is -0.121. The van der Waals surface area contributed by atoms with Crippen LogP contribution in [0.15, 0.2) is 36.4 Å². The van der Waals surface area contributed by atoms with Crippen LogP contribution in [0.3, 0.4) is 0 Å². The molecule has 1 atom stereocenters. The molecule has 0 spiro atoms. The summed E-state index contributed by atoms with van der Waals surface area (Å²) in [6.07, 6.45) is 0.787.